The average molecular weight is 264 g/mol. The van der Waals surface area contributed by atoms with Crippen molar-refractivity contribution < 1.29 is 4.79 Å². The predicted octanol–water partition coefficient (Wildman–Crippen LogP) is 0.432. The number of rotatable bonds is 5. The lowest BCUT2D eigenvalue weighted by Gasteiger charge is -2.36. The van der Waals surface area contributed by atoms with Crippen LogP contribution in [-0.2, 0) is 4.79 Å². The van der Waals surface area contributed by atoms with E-state index >= 15 is 0 Å². The van der Waals surface area contributed by atoms with Crippen LogP contribution < -0.4 is 5.32 Å². The van der Waals surface area contributed by atoms with Crippen LogP contribution in [0.2, 0.25) is 0 Å². The monoisotopic (exact) mass is 264 g/mol. The third kappa shape index (κ3) is 3.92. The molecule has 1 heterocycles. The fraction of sp³-hybridized carbons (Fsp3) is 0.857. The van der Waals surface area contributed by atoms with E-state index in [9.17, 15) is 4.79 Å². The van der Waals surface area contributed by atoms with Crippen LogP contribution >= 0.6 is 0 Å². The lowest BCUT2D eigenvalue weighted by molar-refractivity contribution is -0.127. The molecule has 2 aliphatic rings. The first-order chi connectivity index (χ1) is 9.20. The Kier molecular flexibility index (Phi) is 5.17. The molecule has 5 nitrogen and oxygen atoms in total. The van der Waals surface area contributed by atoms with Crippen molar-refractivity contribution in [2.45, 2.75) is 32.2 Å². The van der Waals surface area contributed by atoms with E-state index in [0.29, 0.717) is 0 Å². The topological polar surface area (TPSA) is 59.4 Å². The number of carbonyl (C=O) groups excluding carboxylic acids is 1. The number of nitrogens with zero attached hydrogens (tertiary/aromatic N) is 3. The Labute approximate surface area is 115 Å². The largest absolute Gasteiger partial charge is 0.355 e. The summed E-state index contributed by atoms with van der Waals surface area (Å²) in [5.41, 5.74) is 0. The summed E-state index contributed by atoms with van der Waals surface area (Å²) in [6.45, 7) is 7.51. The minimum absolute atomic E-state index is 0.0143. The predicted molar refractivity (Wildman–Crippen MR) is 73.4 cm³/mol. The third-order valence-corrected chi connectivity index (χ3v) is 4.34. The highest BCUT2D eigenvalue weighted by Gasteiger charge is 2.25. The maximum absolute atomic E-state index is 11.7. The van der Waals surface area contributed by atoms with Crippen molar-refractivity contribution in [3.63, 3.8) is 0 Å². The lowest BCUT2D eigenvalue weighted by atomic mass is 9.85. The molecule has 1 aliphatic carbocycles. The number of nitrogens with one attached hydrogen (secondary N) is 1. The highest BCUT2D eigenvalue weighted by Crippen LogP contribution is 2.25. The lowest BCUT2D eigenvalue weighted by Crippen LogP contribution is -2.51. The van der Waals surface area contributed by atoms with Gasteiger partial charge >= 0.3 is 0 Å². The molecular weight excluding hydrogens is 240 g/mol. The summed E-state index contributed by atoms with van der Waals surface area (Å²) >= 11 is 0. The second kappa shape index (κ2) is 6.88. The Morgan fingerprint density at radius 1 is 1.37 bits per heavy atom. The van der Waals surface area contributed by atoms with Gasteiger partial charge in [-0.05, 0) is 19.8 Å². The van der Waals surface area contributed by atoms with E-state index < -0.39 is 0 Å². The van der Waals surface area contributed by atoms with E-state index in [1.54, 1.807) is 0 Å². The quantitative estimate of drug-likeness (QED) is 0.782. The second-order valence-electron chi connectivity index (χ2n) is 5.60. The van der Waals surface area contributed by atoms with Crippen molar-refractivity contribution in [3.8, 4) is 6.07 Å². The fourth-order valence-electron chi connectivity index (χ4n) is 2.61. The van der Waals surface area contributed by atoms with Crippen molar-refractivity contribution in [2.75, 3.05) is 39.3 Å². The van der Waals surface area contributed by atoms with E-state index in [0.717, 1.165) is 52.1 Å². The zero-order valence-corrected chi connectivity index (χ0v) is 11.8. The molecular formula is C14H24N4O. The van der Waals surface area contributed by atoms with Gasteiger partial charge in [0.2, 0.25) is 5.91 Å². The molecule has 2 fully saturated rings. The molecule has 2 rings (SSSR count). The van der Waals surface area contributed by atoms with Crippen molar-refractivity contribution in [3.05, 3.63) is 0 Å². The van der Waals surface area contributed by atoms with Crippen LogP contribution in [0.5, 0.6) is 0 Å². The number of carbonyl (C=O) groups is 1. The highest BCUT2D eigenvalue weighted by atomic mass is 16.1. The van der Waals surface area contributed by atoms with Crippen LogP contribution in [0, 0.1) is 17.2 Å². The Hall–Kier alpha value is -1.12. The third-order valence-electron chi connectivity index (χ3n) is 4.34. The molecule has 0 aromatic carbocycles. The van der Waals surface area contributed by atoms with Gasteiger partial charge in [0.05, 0.1) is 12.1 Å². The summed E-state index contributed by atoms with van der Waals surface area (Å²) in [6.07, 6.45) is 3.34. The smallest absolute Gasteiger partial charge is 0.223 e. The molecule has 0 spiro atoms. The first kappa shape index (κ1) is 14.3. The summed E-state index contributed by atoms with van der Waals surface area (Å²) in [6, 6.07) is 2.30. The molecule has 1 atom stereocenters. The highest BCUT2D eigenvalue weighted by molar-refractivity contribution is 5.79. The van der Waals surface area contributed by atoms with Crippen molar-refractivity contribution in [2.24, 2.45) is 5.92 Å². The van der Waals surface area contributed by atoms with Crippen molar-refractivity contribution >= 4 is 5.91 Å². The molecule has 0 radical (unpaired) electrons. The molecule has 1 unspecified atom stereocenters. The molecule has 5 heteroatoms. The molecule has 1 amide bonds. The second-order valence-corrected chi connectivity index (χ2v) is 5.60. The first-order valence-electron chi connectivity index (χ1n) is 7.34. The summed E-state index contributed by atoms with van der Waals surface area (Å²) in [4.78, 5) is 16.2. The Balaban J connectivity index is 1.58. The standard InChI is InChI=1S/C14H24N4O/c1-12(11-15)18-9-7-17(8-10-18)6-5-16-14(19)13-3-2-4-13/h12-13H,2-10H2,1H3,(H,16,19). The average Bonchev–Trinajstić information content (AvgIpc) is 2.36. The van der Waals surface area contributed by atoms with E-state index in [1.165, 1.54) is 6.42 Å². The zero-order chi connectivity index (χ0) is 13.7. The van der Waals surface area contributed by atoms with Gasteiger partial charge in [-0.2, -0.15) is 5.26 Å². The van der Waals surface area contributed by atoms with Gasteiger partial charge in [-0.1, -0.05) is 6.42 Å². The normalized spacial score (nSPS) is 23.4. The maximum Gasteiger partial charge on any atom is 0.223 e. The van der Waals surface area contributed by atoms with Crippen LogP contribution in [0.25, 0.3) is 0 Å². The maximum atomic E-state index is 11.7. The minimum Gasteiger partial charge on any atom is -0.355 e. The summed E-state index contributed by atoms with van der Waals surface area (Å²) in [5.74, 6) is 0.524. The van der Waals surface area contributed by atoms with Gasteiger partial charge in [-0.25, -0.2) is 0 Å². The number of amides is 1. The van der Waals surface area contributed by atoms with Gasteiger partial charge in [0, 0.05) is 45.2 Å². The van der Waals surface area contributed by atoms with Gasteiger partial charge < -0.3 is 5.32 Å². The Morgan fingerprint density at radius 3 is 2.58 bits per heavy atom. The van der Waals surface area contributed by atoms with Crippen LogP contribution in [-0.4, -0.2) is 61.0 Å². The Morgan fingerprint density at radius 2 is 2.05 bits per heavy atom. The molecule has 0 aromatic rings. The van der Waals surface area contributed by atoms with E-state index in [1.807, 2.05) is 6.92 Å². The van der Waals surface area contributed by atoms with E-state index in [4.69, 9.17) is 5.26 Å². The molecule has 1 saturated carbocycles. The molecule has 1 saturated heterocycles. The SMILES string of the molecule is CC(C#N)N1CCN(CCNC(=O)C2CCC2)CC1. The van der Waals surface area contributed by atoms with E-state index in [-0.39, 0.29) is 17.9 Å². The molecule has 1 N–H and O–H groups in total. The van der Waals surface area contributed by atoms with Gasteiger partial charge in [0.25, 0.3) is 0 Å². The summed E-state index contributed by atoms with van der Waals surface area (Å²) in [7, 11) is 0. The van der Waals surface area contributed by atoms with Crippen LogP contribution in [0.15, 0.2) is 0 Å². The number of hydrogen-bond donors (Lipinski definition) is 1. The van der Waals surface area contributed by atoms with Gasteiger partial charge in [-0.3, -0.25) is 14.6 Å². The Bertz CT molecular complexity index is 340. The van der Waals surface area contributed by atoms with Crippen molar-refractivity contribution in [1.82, 2.24) is 15.1 Å². The molecule has 1 aliphatic heterocycles. The summed E-state index contributed by atoms with van der Waals surface area (Å²) in [5, 5.41) is 11.9. The van der Waals surface area contributed by atoms with Crippen LogP contribution in [0.3, 0.4) is 0 Å². The number of piperazine rings is 1. The van der Waals surface area contributed by atoms with Crippen LogP contribution in [0.1, 0.15) is 26.2 Å². The van der Waals surface area contributed by atoms with Gasteiger partial charge in [-0.15, -0.1) is 0 Å². The van der Waals surface area contributed by atoms with Crippen LogP contribution in [0.4, 0.5) is 0 Å². The molecule has 0 aromatic heterocycles. The van der Waals surface area contributed by atoms with Crippen molar-refractivity contribution in [1.29, 1.82) is 5.26 Å². The van der Waals surface area contributed by atoms with E-state index in [2.05, 4.69) is 21.2 Å². The zero-order valence-electron chi connectivity index (χ0n) is 11.8. The minimum atomic E-state index is 0.0143. The van der Waals surface area contributed by atoms with Gasteiger partial charge in [0.15, 0.2) is 0 Å². The van der Waals surface area contributed by atoms with Gasteiger partial charge in [0.1, 0.15) is 0 Å². The number of hydrogen-bond acceptors (Lipinski definition) is 4. The molecule has 106 valence electrons. The first-order valence-corrected chi connectivity index (χ1v) is 7.34. The summed E-state index contributed by atoms with van der Waals surface area (Å²) < 4.78 is 0. The molecule has 19 heavy (non-hydrogen) atoms. The fourth-order valence-corrected chi connectivity index (χ4v) is 2.61. The number of nitriles is 1. The molecule has 0 bridgehead atoms.